The maximum atomic E-state index is 11.6. The largest absolute Gasteiger partial charge is 0.324 e. The molecule has 0 aliphatic heterocycles. The monoisotopic (exact) mass is 266 g/mol. The second-order valence-corrected chi connectivity index (χ2v) is 4.57. The molecule has 0 bridgehead atoms. The summed E-state index contributed by atoms with van der Waals surface area (Å²) in [5, 5.41) is 4.03. The molecule has 2 aromatic heterocycles. The van der Waals surface area contributed by atoms with Gasteiger partial charge >= 0.3 is 0 Å². The van der Waals surface area contributed by atoms with E-state index in [-0.39, 0.29) is 5.91 Å². The van der Waals surface area contributed by atoms with Gasteiger partial charge in [-0.3, -0.25) is 9.36 Å². The number of benzene rings is 1. The van der Waals surface area contributed by atoms with Crippen LogP contribution in [0.15, 0.2) is 42.6 Å². The first-order valence-corrected chi connectivity index (χ1v) is 6.34. The van der Waals surface area contributed by atoms with Crippen molar-refractivity contribution in [2.75, 3.05) is 5.32 Å². The van der Waals surface area contributed by atoms with Crippen molar-refractivity contribution in [2.45, 2.75) is 13.8 Å². The maximum absolute atomic E-state index is 11.6. The molecule has 1 aromatic carbocycles. The van der Waals surface area contributed by atoms with Crippen LogP contribution in [-0.4, -0.2) is 20.4 Å². The van der Waals surface area contributed by atoms with Gasteiger partial charge in [-0.15, -0.1) is 0 Å². The summed E-state index contributed by atoms with van der Waals surface area (Å²) in [6, 6.07) is 11.6. The van der Waals surface area contributed by atoms with Crippen molar-refractivity contribution in [3.63, 3.8) is 0 Å². The predicted octanol–water partition coefficient (Wildman–Crippen LogP) is 3.14. The van der Waals surface area contributed by atoms with Crippen LogP contribution in [0.3, 0.4) is 0 Å². The number of aryl methyl sites for hydroxylation is 1. The number of aromatic nitrogens is 3. The third kappa shape index (κ3) is 2.14. The number of nitrogens with one attached hydrogen (secondary N) is 1. The van der Waals surface area contributed by atoms with Crippen molar-refractivity contribution in [1.29, 1.82) is 0 Å². The van der Waals surface area contributed by atoms with Crippen LogP contribution >= 0.6 is 0 Å². The molecule has 2 heterocycles. The summed E-state index contributed by atoms with van der Waals surface area (Å²) in [6.45, 7) is 3.42. The van der Waals surface area contributed by atoms with Gasteiger partial charge in [-0.25, -0.2) is 4.98 Å². The topological polar surface area (TPSA) is 59.8 Å². The zero-order valence-electron chi connectivity index (χ0n) is 11.3. The highest BCUT2D eigenvalue weighted by Crippen LogP contribution is 2.20. The highest BCUT2D eigenvalue weighted by molar-refractivity contribution is 5.90. The smallest absolute Gasteiger partial charge is 0.229 e. The third-order valence-corrected chi connectivity index (χ3v) is 3.10. The van der Waals surface area contributed by atoms with Gasteiger partial charge in [0.05, 0.1) is 5.69 Å². The Kier molecular flexibility index (Phi) is 2.95. The summed E-state index contributed by atoms with van der Waals surface area (Å²) < 4.78 is 1.53. The van der Waals surface area contributed by atoms with Crippen molar-refractivity contribution < 1.29 is 4.79 Å². The van der Waals surface area contributed by atoms with E-state index in [0.717, 1.165) is 16.8 Å². The van der Waals surface area contributed by atoms with E-state index in [0.29, 0.717) is 11.6 Å². The van der Waals surface area contributed by atoms with E-state index in [4.69, 9.17) is 0 Å². The maximum Gasteiger partial charge on any atom is 0.229 e. The second-order valence-electron chi connectivity index (χ2n) is 4.57. The van der Waals surface area contributed by atoms with Crippen LogP contribution < -0.4 is 5.32 Å². The van der Waals surface area contributed by atoms with Crippen molar-refractivity contribution >= 4 is 28.6 Å². The molecule has 0 fully saturated rings. The lowest BCUT2D eigenvalue weighted by Crippen LogP contribution is -2.06. The van der Waals surface area contributed by atoms with E-state index >= 15 is 0 Å². The lowest BCUT2D eigenvalue weighted by Gasteiger charge is -2.07. The molecule has 3 aromatic rings. The van der Waals surface area contributed by atoms with Crippen molar-refractivity contribution in [2.24, 2.45) is 0 Å². The van der Waals surface area contributed by atoms with Gasteiger partial charge < -0.3 is 5.32 Å². The van der Waals surface area contributed by atoms with E-state index in [1.807, 2.05) is 43.3 Å². The van der Waals surface area contributed by atoms with Gasteiger partial charge in [-0.1, -0.05) is 18.2 Å². The molecule has 0 amide bonds. The number of carbonyl (C=O) groups excluding carboxylic acids is 1. The normalized spacial score (nSPS) is 10.7. The molecule has 100 valence electrons. The average molecular weight is 266 g/mol. The molecule has 0 saturated heterocycles. The van der Waals surface area contributed by atoms with Crippen molar-refractivity contribution in [3.05, 3.63) is 48.3 Å². The predicted molar refractivity (Wildman–Crippen MR) is 78.3 cm³/mol. The highest BCUT2D eigenvalue weighted by atomic mass is 16.1. The lowest BCUT2D eigenvalue weighted by atomic mass is 10.3. The van der Waals surface area contributed by atoms with E-state index < -0.39 is 0 Å². The molecule has 3 rings (SSSR count). The SMILES string of the molecule is CC(=O)n1ccc2c(C)nc(Nc3ccccc3)nc21. The van der Waals surface area contributed by atoms with Crippen LogP contribution in [0.1, 0.15) is 17.4 Å². The lowest BCUT2D eigenvalue weighted by molar-refractivity contribution is 0.0941. The molecule has 0 aliphatic rings. The Morgan fingerprint density at radius 2 is 1.90 bits per heavy atom. The molecular weight excluding hydrogens is 252 g/mol. The molecule has 0 saturated carbocycles. The first-order valence-electron chi connectivity index (χ1n) is 6.34. The summed E-state index contributed by atoms with van der Waals surface area (Å²) in [5.74, 6) is 0.422. The zero-order valence-corrected chi connectivity index (χ0v) is 11.3. The number of anilines is 2. The Hall–Kier alpha value is -2.69. The van der Waals surface area contributed by atoms with Gasteiger partial charge in [0, 0.05) is 24.2 Å². The van der Waals surface area contributed by atoms with E-state index in [1.165, 1.54) is 11.5 Å². The molecule has 0 unspecified atom stereocenters. The van der Waals surface area contributed by atoms with Crippen molar-refractivity contribution in [1.82, 2.24) is 14.5 Å². The second kappa shape index (κ2) is 4.77. The van der Waals surface area contributed by atoms with Crippen LogP contribution in [0.25, 0.3) is 11.0 Å². The minimum absolute atomic E-state index is 0.0660. The number of rotatable bonds is 2. The Morgan fingerprint density at radius 1 is 1.15 bits per heavy atom. The van der Waals surface area contributed by atoms with Crippen molar-refractivity contribution in [3.8, 4) is 0 Å². The Labute approximate surface area is 116 Å². The first-order chi connectivity index (χ1) is 9.65. The minimum atomic E-state index is -0.0660. The van der Waals surface area contributed by atoms with Gasteiger partial charge in [-0.05, 0) is 25.1 Å². The number of hydrogen-bond acceptors (Lipinski definition) is 4. The standard InChI is InChI=1S/C15H14N4O/c1-10-13-8-9-19(11(2)20)14(13)18-15(16-10)17-12-6-4-3-5-7-12/h3-9H,1-2H3,(H,16,17,18). The molecule has 0 radical (unpaired) electrons. The molecule has 5 nitrogen and oxygen atoms in total. The Morgan fingerprint density at radius 3 is 2.60 bits per heavy atom. The Bertz CT molecular complexity index is 777. The third-order valence-electron chi connectivity index (χ3n) is 3.10. The zero-order chi connectivity index (χ0) is 14.1. The number of fused-ring (bicyclic) bond motifs is 1. The molecule has 0 atom stereocenters. The van der Waals surface area contributed by atoms with Gasteiger partial charge in [-0.2, -0.15) is 4.98 Å². The minimum Gasteiger partial charge on any atom is -0.324 e. The van der Waals surface area contributed by atoms with Gasteiger partial charge in [0.25, 0.3) is 0 Å². The van der Waals surface area contributed by atoms with Crippen LogP contribution in [0.2, 0.25) is 0 Å². The number of nitrogens with zero attached hydrogens (tertiary/aromatic N) is 3. The molecule has 5 heteroatoms. The van der Waals surface area contributed by atoms with Crippen LogP contribution in [0.5, 0.6) is 0 Å². The van der Waals surface area contributed by atoms with E-state index in [2.05, 4.69) is 15.3 Å². The first kappa shape index (κ1) is 12.3. The Balaban J connectivity index is 2.08. The number of carbonyl (C=O) groups is 1. The summed E-state index contributed by atoms with van der Waals surface area (Å²) in [6.07, 6.45) is 1.72. The fraction of sp³-hybridized carbons (Fsp3) is 0.133. The summed E-state index contributed by atoms with van der Waals surface area (Å²) in [5.41, 5.74) is 2.38. The molecule has 0 spiro atoms. The van der Waals surface area contributed by atoms with Crippen LogP contribution in [-0.2, 0) is 0 Å². The number of para-hydroxylation sites is 1. The average Bonchev–Trinajstić information content (AvgIpc) is 2.84. The summed E-state index contributed by atoms with van der Waals surface area (Å²) >= 11 is 0. The summed E-state index contributed by atoms with van der Waals surface area (Å²) in [4.78, 5) is 20.4. The molecule has 1 N–H and O–H groups in total. The molecule has 0 aliphatic carbocycles. The summed E-state index contributed by atoms with van der Waals surface area (Å²) in [7, 11) is 0. The van der Waals surface area contributed by atoms with Gasteiger partial charge in [0.2, 0.25) is 11.9 Å². The van der Waals surface area contributed by atoms with E-state index in [9.17, 15) is 4.79 Å². The highest BCUT2D eigenvalue weighted by Gasteiger charge is 2.11. The van der Waals surface area contributed by atoms with Gasteiger partial charge in [0.1, 0.15) is 0 Å². The quantitative estimate of drug-likeness (QED) is 0.774. The fourth-order valence-corrected chi connectivity index (χ4v) is 2.13. The fourth-order valence-electron chi connectivity index (χ4n) is 2.13. The van der Waals surface area contributed by atoms with E-state index in [1.54, 1.807) is 6.20 Å². The van der Waals surface area contributed by atoms with Crippen LogP contribution in [0, 0.1) is 6.92 Å². The van der Waals surface area contributed by atoms with Gasteiger partial charge in [0.15, 0.2) is 5.65 Å². The molecular formula is C15H14N4O. The number of hydrogen-bond donors (Lipinski definition) is 1. The van der Waals surface area contributed by atoms with Crippen LogP contribution in [0.4, 0.5) is 11.6 Å². The molecule has 20 heavy (non-hydrogen) atoms.